The van der Waals surface area contributed by atoms with Crippen LogP contribution in [0.15, 0.2) is 54.6 Å². The molecule has 94 valence electrons. The van der Waals surface area contributed by atoms with E-state index < -0.39 is 0 Å². The highest BCUT2D eigenvalue weighted by Crippen LogP contribution is 2.21. The Morgan fingerprint density at radius 1 is 0.889 bits per heavy atom. The van der Waals surface area contributed by atoms with Crippen LogP contribution in [0.1, 0.15) is 5.56 Å². The van der Waals surface area contributed by atoms with Gasteiger partial charge in [0.1, 0.15) is 5.75 Å². The standard InChI is InChI=1S/C15H17NO2/c17-11-10-16(14-7-2-1-3-8-14)12-13-6-4-5-9-15(13)18/h1-9,17-18H,10-12H2. The van der Waals surface area contributed by atoms with Crippen LogP contribution in [0.25, 0.3) is 0 Å². The molecule has 2 aromatic rings. The van der Waals surface area contributed by atoms with Gasteiger partial charge in [0.2, 0.25) is 0 Å². The lowest BCUT2D eigenvalue weighted by Gasteiger charge is -2.24. The fraction of sp³-hybridized carbons (Fsp3) is 0.200. The molecule has 0 saturated carbocycles. The van der Waals surface area contributed by atoms with Crippen molar-refractivity contribution in [3.05, 3.63) is 60.2 Å². The number of hydrogen-bond donors (Lipinski definition) is 2. The van der Waals surface area contributed by atoms with Crippen LogP contribution in [-0.2, 0) is 6.54 Å². The van der Waals surface area contributed by atoms with Crippen LogP contribution in [0.4, 0.5) is 5.69 Å². The highest BCUT2D eigenvalue weighted by atomic mass is 16.3. The summed E-state index contributed by atoms with van der Waals surface area (Å²) >= 11 is 0. The second-order valence-electron chi connectivity index (χ2n) is 4.11. The average Bonchev–Trinajstić information content (AvgIpc) is 2.42. The molecule has 3 nitrogen and oxygen atoms in total. The molecule has 3 heteroatoms. The van der Waals surface area contributed by atoms with Crippen LogP contribution >= 0.6 is 0 Å². The summed E-state index contributed by atoms with van der Waals surface area (Å²) in [5.41, 5.74) is 1.89. The van der Waals surface area contributed by atoms with E-state index in [0.717, 1.165) is 11.3 Å². The summed E-state index contributed by atoms with van der Waals surface area (Å²) in [6, 6.07) is 17.1. The van der Waals surface area contributed by atoms with Crippen molar-refractivity contribution in [3.8, 4) is 5.75 Å². The monoisotopic (exact) mass is 243 g/mol. The lowest BCUT2D eigenvalue weighted by atomic mass is 10.1. The van der Waals surface area contributed by atoms with E-state index in [1.54, 1.807) is 12.1 Å². The first kappa shape index (κ1) is 12.5. The summed E-state index contributed by atoms with van der Waals surface area (Å²) in [5, 5.41) is 18.9. The van der Waals surface area contributed by atoms with Gasteiger partial charge in [-0.1, -0.05) is 36.4 Å². The largest absolute Gasteiger partial charge is 0.508 e. The molecule has 2 N–H and O–H groups in total. The van der Waals surface area contributed by atoms with Crippen molar-refractivity contribution < 1.29 is 10.2 Å². The average molecular weight is 243 g/mol. The Kier molecular flexibility index (Phi) is 4.20. The topological polar surface area (TPSA) is 43.7 Å². The normalized spacial score (nSPS) is 10.3. The molecule has 2 rings (SSSR count). The summed E-state index contributed by atoms with van der Waals surface area (Å²) in [6.45, 7) is 1.21. The van der Waals surface area contributed by atoms with Crippen molar-refractivity contribution >= 4 is 5.69 Å². The van der Waals surface area contributed by atoms with Crippen LogP contribution in [0.2, 0.25) is 0 Å². The second-order valence-corrected chi connectivity index (χ2v) is 4.11. The van der Waals surface area contributed by atoms with Crippen LogP contribution in [0, 0.1) is 0 Å². The zero-order valence-corrected chi connectivity index (χ0v) is 10.2. The second kappa shape index (κ2) is 6.07. The minimum atomic E-state index is 0.0858. The van der Waals surface area contributed by atoms with E-state index in [2.05, 4.69) is 0 Å². The van der Waals surface area contributed by atoms with E-state index in [1.807, 2.05) is 47.4 Å². The zero-order chi connectivity index (χ0) is 12.8. The summed E-state index contributed by atoms with van der Waals surface area (Å²) in [6.07, 6.45) is 0. The Bertz CT molecular complexity index is 485. The van der Waals surface area contributed by atoms with Crippen molar-refractivity contribution in [1.29, 1.82) is 0 Å². The first-order chi connectivity index (χ1) is 8.81. The Balaban J connectivity index is 2.19. The minimum absolute atomic E-state index is 0.0858. The van der Waals surface area contributed by atoms with Crippen molar-refractivity contribution in [2.75, 3.05) is 18.1 Å². The number of rotatable bonds is 5. The van der Waals surface area contributed by atoms with E-state index in [9.17, 15) is 5.11 Å². The number of aliphatic hydroxyl groups is 1. The lowest BCUT2D eigenvalue weighted by molar-refractivity contribution is 0.301. The molecule has 0 fully saturated rings. The van der Waals surface area contributed by atoms with Gasteiger partial charge in [-0.15, -0.1) is 0 Å². The molecule has 0 atom stereocenters. The van der Waals surface area contributed by atoms with Gasteiger partial charge >= 0.3 is 0 Å². The van der Waals surface area contributed by atoms with Gasteiger partial charge in [-0.2, -0.15) is 0 Å². The minimum Gasteiger partial charge on any atom is -0.508 e. The SMILES string of the molecule is OCCN(Cc1ccccc1O)c1ccccc1. The molecule has 0 spiro atoms. The summed E-state index contributed by atoms with van der Waals surface area (Å²) in [4.78, 5) is 2.04. The molecule has 0 aliphatic carbocycles. The summed E-state index contributed by atoms with van der Waals surface area (Å²) in [7, 11) is 0. The molecule has 18 heavy (non-hydrogen) atoms. The maximum Gasteiger partial charge on any atom is 0.120 e. The maximum atomic E-state index is 9.79. The van der Waals surface area contributed by atoms with Gasteiger partial charge in [-0.25, -0.2) is 0 Å². The first-order valence-electron chi connectivity index (χ1n) is 5.99. The summed E-state index contributed by atoms with van der Waals surface area (Å²) in [5.74, 6) is 0.288. The van der Waals surface area contributed by atoms with Crippen molar-refractivity contribution in [2.45, 2.75) is 6.54 Å². The van der Waals surface area contributed by atoms with Crippen molar-refractivity contribution in [1.82, 2.24) is 0 Å². The van der Waals surface area contributed by atoms with Crippen LogP contribution in [-0.4, -0.2) is 23.4 Å². The first-order valence-corrected chi connectivity index (χ1v) is 5.99. The molecule has 0 aliphatic rings. The van der Waals surface area contributed by atoms with Crippen molar-refractivity contribution in [3.63, 3.8) is 0 Å². The van der Waals surface area contributed by atoms with Gasteiger partial charge in [0.05, 0.1) is 6.61 Å². The third-order valence-corrected chi connectivity index (χ3v) is 2.84. The molecule has 0 saturated heterocycles. The molecule has 0 radical (unpaired) electrons. The quantitative estimate of drug-likeness (QED) is 0.847. The number of hydrogen-bond acceptors (Lipinski definition) is 3. The van der Waals surface area contributed by atoms with Gasteiger partial charge < -0.3 is 15.1 Å². The molecule has 0 bridgehead atoms. The number of para-hydroxylation sites is 2. The fourth-order valence-electron chi connectivity index (χ4n) is 1.91. The van der Waals surface area contributed by atoms with Crippen LogP contribution in [0.5, 0.6) is 5.75 Å². The van der Waals surface area contributed by atoms with Gasteiger partial charge in [-0.05, 0) is 18.2 Å². The molecular formula is C15H17NO2. The van der Waals surface area contributed by atoms with E-state index in [4.69, 9.17) is 5.11 Å². The number of phenolic OH excluding ortho intramolecular Hbond substituents is 1. The van der Waals surface area contributed by atoms with Gasteiger partial charge in [0.25, 0.3) is 0 Å². The number of aromatic hydroxyl groups is 1. The number of aliphatic hydroxyl groups excluding tert-OH is 1. The molecule has 0 aromatic heterocycles. The zero-order valence-electron chi connectivity index (χ0n) is 10.2. The van der Waals surface area contributed by atoms with Gasteiger partial charge in [-0.3, -0.25) is 0 Å². The Morgan fingerprint density at radius 3 is 2.22 bits per heavy atom. The van der Waals surface area contributed by atoms with Gasteiger partial charge in [0, 0.05) is 24.3 Å². The number of anilines is 1. The van der Waals surface area contributed by atoms with E-state index in [-0.39, 0.29) is 12.4 Å². The predicted molar refractivity (Wildman–Crippen MR) is 72.7 cm³/mol. The Hall–Kier alpha value is -2.00. The molecular weight excluding hydrogens is 226 g/mol. The van der Waals surface area contributed by atoms with Crippen LogP contribution in [0.3, 0.4) is 0 Å². The maximum absolute atomic E-state index is 9.79. The van der Waals surface area contributed by atoms with E-state index in [1.165, 1.54) is 0 Å². The molecule has 0 aliphatic heterocycles. The highest BCUT2D eigenvalue weighted by molar-refractivity contribution is 5.47. The molecule has 2 aromatic carbocycles. The van der Waals surface area contributed by atoms with Crippen LogP contribution < -0.4 is 4.90 Å². The van der Waals surface area contributed by atoms with Gasteiger partial charge in [0.15, 0.2) is 0 Å². The summed E-state index contributed by atoms with van der Waals surface area (Å²) < 4.78 is 0. The lowest BCUT2D eigenvalue weighted by Crippen LogP contribution is -2.26. The smallest absolute Gasteiger partial charge is 0.120 e. The third kappa shape index (κ3) is 3.02. The molecule has 0 unspecified atom stereocenters. The molecule has 0 amide bonds. The predicted octanol–water partition coefficient (Wildman–Crippen LogP) is 2.39. The van der Waals surface area contributed by atoms with E-state index in [0.29, 0.717) is 13.1 Å². The third-order valence-electron chi connectivity index (χ3n) is 2.84. The van der Waals surface area contributed by atoms with E-state index >= 15 is 0 Å². The number of benzene rings is 2. The Morgan fingerprint density at radius 2 is 1.56 bits per heavy atom. The fourth-order valence-corrected chi connectivity index (χ4v) is 1.91. The number of nitrogens with zero attached hydrogens (tertiary/aromatic N) is 1. The van der Waals surface area contributed by atoms with Crippen molar-refractivity contribution in [2.24, 2.45) is 0 Å². The molecule has 0 heterocycles. The highest BCUT2D eigenvalue weighted by Gasteiger charge is 2.08. The Labute approximate surface area is 107 Å². The number of phenols is 1.